The molecular formula is C22H44O8. The Bertz CT molecular complexity index is 452. The first-order valence-electron chi connectivity index (χ1n) is 10.9. The minimum atomic E-state index is -0.866. The lowest BCUT2D eigenvalue weighted by atomic mass is 10.0. The van der Waals surface area contributed by atoms with E-state index >= 15 is 0 Å². The van der Waals surface area contributed by atoms with E-state index in [2.05, 4.69) is 23.8 Å². The quantitative estimate of drug-likeness (QED) is 0.250. The van der Waals surface area contributed by atoms with Crippen LogP contribution < -0.4 is 0 Å². The predicted octanol–water partition coefficient (Wildman–Crippen LogP) is 6.28. The standard InChI is InChI=1S/C13H26O5.C9H18O3/c1-6-8-9-11(7-2)10-15-12(14)16-18-17-13(3,4)5;1-7-6-8(2,3)11-12-9(4,5)10-7/h11H,6-10H2,1-5H3;7H,6H2,1-5H3. The molecule has 8 nitrogen and oxygen atoms in total. The molecule has 1 fully saturated rings. The molecule has 8 heteroatoms. The third-order valence-corrected chi connectivity index (χ3v) is 4.10. The number of carbonyl (C=O) groups is 1. The Kier molecular flexibility index (Phi) is 13.1. The lowest BCUT2D eigenvalue weighted by Crippen LogP contribution is -2.29. The molecule has 1 aliphatic heterocycles. The monoisotopic (exact) mass is 436 g/mol. The van der Waals surface area contributed by atoms with Gasteiger partial charge in [0, 0.05) is 6.42 Å². The molecule has 0 radical (unpaired) electrons. The van der Waals surface area contributed by atoms with E-state index in [-0.39, 0.29) is 11.7 Å². The van der Waals surface area contributed by atoms with Crippen LogP contribution in [0.2, 0.25) is 0 Å². The van der Waals surface area contributed by atoms with Gasteiger partial charge in [-0.05, 0) is 72.8 Å². The van der Waals surface area contributed by atoms with Gasteiger partial charge in [0.15, 0.2) is 5.79 Å². The molecule has 1 heterocycles. The molecule has 0 aliphatic carbocycles. The summed E-state index contributed by atoms with van der Waals surface area (Å²) in [5, 5.41) is 4.33. The van der Waals surface area contributed by atoms with Crippen LogP contribution in [0, 0.1) is 5.92 Å². The number of hydrogen-bond acceptors (Lipinski definition) is 8. The van der Waals surface area contributed by atoms with Crippen molar-refractivity contribution in [2.75, 3.05) is 6.61 Å². The summed E-state index contributed by atoms with van der Waals surface area (Å²) in [5.74, 6) is -0.256. The Morgan fingerprint density at radius 1 is 1.13 bits per heavy atom. The van der Waals surface area contributed by atoms with Crippen LogP contribution in [0.15, 0.2) is 0 Å². The molecule has 180 valence electrons. The maximum absolute atomic E-state index is 11.2. The van der Waals surface area contributed by atoms with Crippen molar-refractivity contribution >= 4 is 6.16 Å². The molecule has 0 spiro atoms. The molecule has 0 N–H and O–H groups in total. The van der Waals surface area contributed by atoms with Crippen molar-refractivity contribution in [3.05, 3.63) is 0 Å². The van der Waals surface area contributed by atoms with Gasteiger partial charge in [-0.15, -0.1) is 0 Å². The van der Waals surface area contributed by atoms with Crippen molar-refractivity contribution < 1.29 is 38.9 Å². The fraction of sp³-hybridized carbons (Fsp3) is 0.955. The molecule has 0 amide bonds. The molecule has 0 aromatic rings. The van der Waals surface area contributed by atoms with Crippen LogP contribution in [0.25, 0.3) is 0 Å². The molecule has 0 aromatic heterocycles. The van der Waals surface area contributed by atoms with E-state index in [1.54, 1.807) is 20.8 Å². The van der Waals surface area contributed by atoms with Crippen molar-refractivity contribution in [3.63, 3.8) is 0 Å². The van der Waals surface area contributed by atoms with Crippen LogP contribution in [-0.4, -0.2) is 35.9 Å². The SMILES string of the molecule is CC1CC(C)(C)OOC(C)(C)O1.CCCCC(CC)COC(=O)OOOC(C)(C)C. The summed E-state index contributed by atoms with van der Waals surface area (Å²) in [6.45, 7) is 19.6. The maximum Gasteiger partial charge on any atom is 0.542 e. The van der Waals surface area contributed by atoms with E-state index in [1.165, 1.54) is 0 Å². The Morgan fingerprint density at radius 2 is 1.77 bits per heavy atom. The highest BCUT2D eigenvalue weighted by atomic mass is 17.5. The van der Waals surface area contributed by atoms with E-state index in [1.807, 2.05) is 34.6 Å². The Labute approximate surface area is 182 Å². The van der Waals surface area contributed by atoms with Crippen molar-refractivity contribution in [3.8, 4) is 0 Å². The Morgan fingerprint density at radius 3 is 2.30 bits per heavy atom. The average Bonchev–Trinajstić information content (AvgIpc) is 2.68. The van der Waals surface area contributed by atoms with Gasteiger partial charge in [0.2, 0.25) is 0 Å². The summed E-state index contributed by atoms with van der Waals surface area (Å²) in [4.78, 5) is 30.7. The third-order valence-electron chi connectivity index (χ3n) is 4.10. The summed E-state index contributed by atoms with van der Waals surface area (Å²) >= 11 is 0. The normalized spacial score (nSPS) is 21.6. The molecule has 0 bridgehead atoms. The van der Waals surface area contributed by atoms with Crippen LogP contribution in [0.3, 0.4) is 0 Å². The van der Waals surface area contributed by atoms with Crippen LogP contribution in [-0.2, 0) is 34.1 Å². The molecule has 2 atom stereocenters. The van der Waals surface area contributed by atoms with Gasteiger partial charge in [0.05, 0.1) is 18.3 Å². The number of carbonyl (C=O) groups excluding carboxylic acids is 1. The highest BCUT2D eigenvalue weighted by molar-refractivity contribution is 5.58. The molecular weight excluding hydrogens is 392 g/mol. The van der Waals surface area contributed by atoms with Crippen LogP contribution in [0.1, 0.15) is 101 Å². The first-order chi connectivity index (χ1) is 13.7. The van der Waals surface area contributed by atoms with E-state index in [0.29, 0.717) is 12.5 Å². The maximum atomic E-state index is 11.2. The zero-order valence-electron chi connectivity index (χ0n) is 20.7. The van der Waals surface area contributed by atoms with Crippen molar-refractivity contribution in [1.82, 2.24) is 0 Å². The fourth-order valence-corrected chi connectivity index (χ4v) is 2.74. The van der Waals surface area contributed by atoms with Crippen molar-refractivity contribution in [1.29, 1.82) is 0 Å². The van der Waals surface area contributed by atoms with E-state index in [4.69, 9.17) is 24.1 Å². The fourth-order valence-electron chi connectivity index (χ4n) is 2.74. The lowest BCUT2D eigenvalue weighted by molar-refractivity contribution is -0.514. The summed E-state index contributed by atoms with van der Waals surface area (Å²) in [5.41, 5.74) is -0.791. The van der Waals surface area contributed by atoms with Gasteiger partial charge in [0.1, 0.15) is 5.60 Å². The molecule has 1 saturated heterocycles. The van der Waals surface area contributed by atoms with Crippen LogP contribution >= 0.6 is 0 Å². The molecule has 1 rings (SSSR count). The van der Waals surface area contributed by atoms with Gasteiger partial charge >= 0.3 is 6.16 Å². The van der Waals surface area contributed by atoms with Gasteiger partial charge in [-0.3, -0.25) is 0 Å². The molecule has 2 unspecified atom stereocenters. The number of hydrogen-bond donors (Lipinski definition) is 0. The van der Waals surface area contributed by atoms with Gasteiger partial charge in [-0.25, -0.2) is 19.5 Å². The smallest absolute Gasteiger partial charge is 0.432 e. The van der Waals surface area contributed by atoms with Gasteiger partial charge in [-0.1, -0.05) is 33.1 Å². The predicted molar refractivity (Wildman–Crippen MR) is 113 cm³/mol. The second kappa shape index (κ2) is 13.5. The van der Waals surface area contributed by atoms with Gasteiger partial charge < -0.3 is 9.47 Å². The number of unbranched alkanes of at least 4 members (excludes halogenated alkanes) is 1. The van der Waals surface area contributed by atoms with Gasteiger partial charge in [0.25, 0.3) is 0 Å². The second-order valence-electron chi connectivity index (χ2n) is 9.78. The minimum Gasteiger partial charge on any atom is -0.432 e. The van der Waals surface area contributed by atoms with Crippen LogP contribution in [0.4, 0.5) is 4.79 Å². The first kappa shape index (κ1) is 29.1. The third kappa shape index (κ3) is 15.8. The highest BCUT2D eigenvalue weighted by Crippen LogP contribution is 2.29. The van der Waals surface area contributed by atoms with Crippen molar-refractivity contribution in [2.24, 2.45) is 5.92 Å². The van der Waals surface area contributed by atoms with Crippen LogP contribution in [0.5, 0.6) is 0 Å². The van der Waals surface area contributed by atoms with E-state index in [0.717, 1.165) is 32.1 Å². The van der Waals surface area contributed by atoms with Gasteiger partial charge in [-0.2, -0.15) is 4.89 Å². The largest absolute Gasteiger partial charge is 0.542 e. The van der Waals surface area contributed by atoms with E-state index < -0.39 is 17.5 Å². The Hall–Kier alpha value is -0.930. The molecule has 1 aliphatic rings. The molecule has 0 aromatic carbocycles. The highest BCUT2D eigenvalue weighted by Gasteiger charge is 2.35. The minimum absolute atomic E-state index is 0.164. The topological polar surface area (TPSA) is 81.7 Å². The zero-order chi connectivity index (χ0) is 23.4. The Balaban J connectivity index is 0.000000604. The molecule has 30 heavy (non-hydrogen) atoms. The molecule has 0 saturated carbocycles. The summed E-state index contributed by atoms with van der Waals surface area (Å²) in [6.07, 6.45) is 4.46. The second-order valence-corrected chi connectivity index (χ2v) is 9.78. The number of ether oxygens (including phenoxy) is 2. The summed E-state index contributed by atoms with van der Waals surface area (Å²) < 4.78 is 10.5. The summed E-state index contributed by atoms with van der Waals surface area (Å²) in [7, 11) is 0. The van der Waals surface area contributed by atoms with Crippen molar-refractivity contribution in [2.45, 2.75) is 124 Å². The zero-order valence-corrected chi connectivity index (χ0v) is 20.7. The average molecular weight is 437 g/mol. The summed E-state index contributed by atoms with van der Waals surface area (Å²) in [6, 6.07) is 0. The first-order valence-corrected chi connectivity index (χ1v) is 10.9. The lowest BCUT2D eigenvalue weighted by Gasteiger charge is -2.23. The van der Waals surface area contributed by atoms with E-state index in [9.17, 15) is 4.79 Å². The number of rotatable bonds is 8.